The highest BCUT2D eigenvalue weighted by Crippen LogP contribution is 2.13. The molecule has 0 radical (unpaired) electrons. The molecule has 0 aliphatic heterocycles. The fraction of sp³-hybridized carbons (Fsp3) is 0.545. The van der Waals surface area contributed by atoms with Crippen molar-refractivity contribution in [1.29, 1.82) is 5.26 Å². The SMILES string of the molecule is CCCC(C)COc1nnccc1C#N. The van der Waals surface area contributed by atoms with Gasteiger partial charge in [0, 0.05) is 0 Å². The first-order valence-electron chi connectivity index (χ1n) is 5.12. The molecule has 1 unspecified atom stereocenters. The van der Waals surface area contributed by atoms with Crippen molar-refractivity contribution < 1.29 is 4.74 Å². The molecule has 0 aromatic carbocycles. The molecule has 80 valence electrons. The Labute approximate surface area is 89.9 Å². The second-order valence-corrected chi connectivity index (χ2v) is 3.57. The van der Waals surface area contributed by atoms with Crippen LogP contribution >= 0.6 is 0 Å². The molecule has 0 saturated carbocycles. The lowest BCUT2D eigenvalue weighted by Crippen LogP contribution is -2.10. The average Bonchev–Trinajstić information content (AvgIpc) is 2.27. The van der Waals surface area contributed by atoms with Crippen LogP contribution in [-0.4, -0.2) is 16.8 Å². The predicted octanol–water partition coefficient (Wildman–Crippen LogP) is 2.16. The maximum absolute atomic E-state index is 8.79. The first-order chi connectivity index (χ1) is 7.27. The molecule has 0 fully saturated rings. The lowest BCUT2D eigenvalue weighted by molar-refractivity contribution is 0.240. The summed E-state index contributed by atoms with van der Waals surface area (Å²) in [5.74, 6) is 0.812. The van der Waals surface area contributed by atoms with Gasteiger partial charge in [-0.3, -0.25) is 0 Å². The number of nitrogens with zero attached hydrogens (tertiary/aromatic N) is 3. The van der Waals surface area contributed by atoms with E-state index in [1.165, 1.54) is 6.20 Å². The van der Waals surface area contributed by atoms with Gasteiger partial charge in [0.05, 0.1) is 12.8 Å². The quantitative estimate of drug-likeness (QED) is 0.739. The largest absolute Gasteiger partial charge is 0.475 e. The first kappa shape index (κ1) is 11.4. The van der Waals surface area contributed by atoms with Crippen LogP contribution in [-0.2, 0) is 0 Å². The maximum atomic E-state index is 8.79. The van der Waals surface area contributed by atoms with Crippen molar-refractivity contribution in [3.63, 3.8) is 0 Å². The van der Waals surface area contributed by atoms with Crippen LogP contribution in [0.2, 0.25) is 0 Å². The Morgan fingerprint density at radius 1 is 1.60 bits per heavy atom. The van der Waals surface area contributed by atoms with Crippen LogP contribution in [0.3, 0.4) is 0 Å². The van der Waals surface area contributed by atoms with E-state index in [9.17, 15) is 0 Å². The summed E-state index contributed by atoms with van der Waals surface area (Å²) in [5.41, 5.74) is 0.439. The second-order valence-electron chi connectivity index (χ2n) is 3.57. The predicted molar refractivity (Wildman–Crippen MR) is 56.3 cm³/mol. The van der Waals surface area contributed by atoms with Crippen LogP contribution in [0.1, 0.15) is 32.3 Å². The molecule has 0 amide bonds. The van der Waals surface area contributed by atoms with Gasteiger partial charge in [-0.15, -0.1) is 5.10 Å². The molecular formula is C11H15N3O. The van der Waals surface area contributed by atoms with E-state index in [1.54, 1.807) is 6.07 Å². The van der Waals surface area contributed by atoms with E-state index in [1.807, 2.05) is 6.07 Å². The fourth-order valence-corrected chi connectivity index (χ4v) is 1.31. The first-order valence-corrected chi connectivity index (χ1v) is 5.12. The summed E-state index contributed by atoms with van der Waals surface area (Å²) in [6.07, 6.45) is 3.74. The number of rotatable bonds is 5. The van der Waals surface area contributed by atoms with Crippen molar-refractivity contribution in [2.45, 2.75) is 26.7 Å². The Morgan fingerprint density at radius 3 is 3.07 bits per heavy atom. The lowest BCUT2D eigenvalue weighted by atomic mass is 10.1. The van der Waals surface area contributed by atoms with Crippen molar-refractivity contribution in [3.05, 3.63) is 17.8 Å². The molecule has 4 nitrogen and oxygen atoms in total. The Hall–Kier alpha value is -1.63. The zero-order chi connectivity index (χ0) is 11.1. The van der Waals surface area contributed by atoms with Crippen LogP contribution in [0, 0.1) is 17.2 Å². The van der Waals surface area contributed by atoms with E-state index in [4.69, 9.17) is 10.00 Å². The minimum absolute atomic E-state index is 0.336. The van der Waals surface area contributed by atoms with Gasteiger partial charge in [-0.25, -0.2) is 0 Å². The molecule has 0 bridgehead atoms. The number of hydrogen-bond acceptors (Lipinski definition) is 4. The Kier molecular flexibility index (Phi) is 4.55. The number of aromatic nitrogens is 2. The normalized spacial score (nSPS) is 11.8. The van der Waals surface area contributed by atoms with Crippen LogP contribution in [0.25, 0.3) is 0 Å². The van der Waals surface area contributed by atoms with E-state index in [0.717, 1.165) is 12.8 Å². The third-order valence-corrected chi connectivity index (χ3v) is 2.09. The van der Waals surface area contributed by atoms with Crippen molar-refractivity contribution in [1.82, 2.24) is 10.2 Å². The highest BCUT2D eigenvalue weighted by atomic mass is 16.5. The van der Waals surface area contributed by atoms with Gasteiger partial charge in [-0.1, -0.05) is 20.3 Å². The van der Waals surface area contributed by atoms with Gasteiger partial charge in [0.1, 0.15) is 11.6 Å². The molecule has 1 heterocycles. The van der Waals surface area contributed by atoms with Gasteiger partial charge in [0.15, 0.2) is 0 Å². The summed E-state index contributed by atoms with van der Waals surface area (Å²) in [6, 6.07) is 3.63. The fourth-order valence-electron chi connectivity index (χ4n) is 1.31. The third kappa shape index (κ3) is 3.55. The van der Waals surface area contributed by atoms with E-state index in [0.29, 0.717) is 24.0 Å². The molecule has 1 rings (SSSR count). The molecule has 0 N–H and O–H groups in total. The number of hydrogen-bond donors (Lipinski definition) is 0. The summed E-state index contributed by atoms with van der Waals surface area (Å²) in [5, 5.41) is 16.3. The van der Waals surface area contributed by atoms with E-state index < -0.39 is 0 Å². The number of ether oxygens (including phenoxy) is 1. The molecule has 0 aliphatic carbocycles. The zero-order valence-corrected chi connectivity index (χ0v) is 9.10. The molecule has 1 aromatic heterocycles. The van der Waals surface area contributed by atoms with Gasteiger partial charge in [-0.2, -0.15) is 10.4 Å². The maximum Gasteiger partial charge on any atom is 0.251 e. The second kappa shape index (κ2) is 5.97. The minimum Gasteiger partial charge on any atom is -0.475 e. The van der Waals surface area contributed by atoms with E-state index >= 15 is 0 Å². The van der Waals surface area contributed by atoms with Crippen LogP contribution in [0.15, 0.2) is 12.3 Å². The highest BCUT2D eigenvalue weighted by molar-refractivity contribution is 5.35. The number of nitriles is 1. The smallest absolute Gasteiger partial charge is 0.251 e. The molecule has 1 aromatic rings. The molecule has 0 aliphatic rings. The molecule has 15 heavy (non-hydrogen) atoms. The van der Waals surface area contributed by atoms with Gasteiger partial charge in [-0.05, 0) is 18.4 Å². The summed E-state index contributed by atoms with van der Waals surface area (Å²) < 4.78 is 5.45. The molecule has 0 spiro atoms. The van der Waals surface area contributed by atoms with Crippen molar-refractivity contribution in [3.8, 4) is 11.9 Å². The molecule has 4 heteroatoms. The highest BCUT2D eigenvalue weighted by Gasteiger charge is 2.07. The van der Waals surface area contributed by atoms with Crippen LogP contribution < -0.4 is 4.74 Å². The average molecular weight is 205 g/mol. The van der Waals surface area contributed by atoms with Crippen molar-refractivity contribution in [2.24, 2.45) is 5.92 Å². The summed E-state index contributed by atoms with van der Waals surface area (Å²) in [4.78, 5) is 0. The summed E-state index contributed by atoms with van der Waals surface area (Å²) in [7, 11) is 0. The van der Waals surface area contributed by atoms with Gasteiger partial charge in [0.2, 0.25) is 0 Å². The third-order valence-electron chi connectivity index (χ3n) is 2.09. The zero-order valence-electron chi connectivity index (χ0n) is 9.10. The van der Waals surface area contributed by atoms with Crippen molar-refractivity contribution in [2.75, 3.05) is 6.61 Å². The molecule has 0 saturated heterocycles. The van der Waals surface area contributed by atoms with Crippen LogP contribution in [0.5, 0.6) is 5.88 Å². The Bertz CT molecular complexity index is 346. The topological polar surface area (TPSA) is 58.8 Å². The molecular weight excluding hydrogens is 190 g/mol. The molecule has 1 atom stereocenters. The van der Waals surface area contributed by atoms with E-state index in [-0.39, 0.29) is 0 Å². The van der Waals surface area contributed by atoms with E-state index in [2.05, 4.69) is 24.0 Å². The van der Waals surface area contributed by atoms with Gasteiger partial charge in [0.25, 0.3) is 5.88 Å². The standard InChI is InChI=1S/C11H15N3O/c1-3-4-9(2)8-15-11-10(7-12)5-6-13-14-11/h5-6,9H,3-4,8H2,1-2H3. The van der Waals surface area contributed by atoms with Crippen LogP contribution in [0.4, 0.5) is 0 Å². The monoisotopic (exact) mass is 205 g/mol. The lowest BCUT2D eigenvalue weighted by Gasteiger charge is -2.11. The summed E-state index contributed by atoms with van der Waals surface area (Å²) in [6.45, 7) is 4.84. The minimum atomic E-state index is 0.336. The summed E-state index contributed by atoms with van der Waals surface area (Å²) >= 11 is 0. The van der Waals surface area contributed by atoms with Crippen molar-refractivity contribution >= 4 is 0 Å². The van der Waals surface area contributed by atoms with Gasteiger partial charge >= 0.3 is 0 Å². The Morgan fingerprint density at radius 2 is 2.40 bits per heavy atom. The van der Waals surface area contributed by atoms with Gasteiger partial charge < -0.3 is 4.74 Å². The Balaban J connectivity index is 2.54.